The monoisotopic (exact) mass is 489 g/mol. The van der Waals surface area contributed by atoms with Gasteiger partial charge in [-0.05, 0) is 53.9 Å². The van der Waals surface area contributed by atoms with Crippen LogP contribution in [0, 0.1) is 0 Å². The van der Waals surface area contributed by atoms with Gasteiger partial charge in [0.25, 0.3) is 5.91 Å². The van der Waals surface area contributed by atoms with E-state index in [9.17, 15) is 9.59 Å². The van der Waals surface area contributed by atoms with E-state index in [1.165, 1.54) is 0 Å². The minimum atomic E-state index is -0.647. The van der Waals surface area contributed by atoms with Gasteiger partial charge in [-0.3, -0.25) is 4.79 Å². The number of anilines is 1. The maximum absolute atomic E-state index is 12.7. The van der Waals surface area contributed by atoms with Crippen molar-refractivity contribution >= 4 is 39.4 Å². The van der Waals surface area contributed by atoms with E-state index >= 15 is 0 Å². The number of furan rings is 2. The molecule has 180 valence electrons. The van der Waals surface area contributed by atoms with Crippen LogP contribution in [0.15, 0.2) is 106 Å². The van der Waals surface area contributed by atoms with E-state index in [4.69, 9.17) is 18.6 Å². The Balaban J connectivity index is 1.22. The van der Waals surface area contributed by atoms with Gasteiger partial charge in [-0.25, -0.2) is 14.8 Å². The average Bonchev–Trinajstić information content (AvgIpc) is 3.66. The van der Waals surface area contributed by atoms with E-state index in [1.54, 1.807) is 61.1 Å². The first-order valence-electron chi connectivity index (χ1n) is 11.5. The van der Waals surface area contributed by atoms with Gasteiger partial charge in [0.15, 0.2) is 18.1 Å². The van der Waals surface area contributed by atoms with Gasteiger partial charge in [-0.1, -0.05) is 36.4 Å². The summed E-state index contributed by atoms with van der Waals surface area (Å²) in [6.07, 6.45) is 3.10. The second kappa shape index (κ2) is 9.43. The molecular weight excluding hydrogens is 470 g/mol. The number of hydrogen-bond donors (Lipinski definition) is 1. The van der Waals surface area contributed by atoms with Crippen molar-refractivity contribution in [2.24, 2.45) is 0 Å². The summed E-state index contributed by atoms with van der Waals surface area (Å²) in [4.78, 5) is 34.6. The van der Waals surface area contributed by atoms with Gasteiger partial charge < -0.3 is 18.9 Å². The number of esters is 1. The molecule has 0 fully saturated rings. The van der Waals surface area contributed by atoms with Gasteiger partial charge in [-0.2, -0.15) is 0 Å². The predicted octanol–water partition coefficient (Wildman–Crippen LogP) is 6.10. The first-order chi connectivity index (χ1) is 18.2. The normalized spacial score (nSPS) is 11.0. The summed E-state index contributed by atoms with van der Waals surface area (Å²) in [6.45, 7) is -0.430. The maximum Gasteiger partial charge on any atom is 0.338 e. The van der Waals surface area contributed by atoms with Gasteiger partial charge >= 0.3 is 5.97 Å². The molecule has 3 heterocycles. The number of nitrogens with one attached hydrogen (secondary N) is 1. The number of hydrogen-bond acceptors (Lipinski definition) is 7. The Morgan fingerprint density at radius 2 is 1.46 bits per heavy atom. The lowest BCUT2D eigenvalue weighted by molar-refractivity contribution is -0.119. The third-order valence-corrected chi connectivity index (χ3v) is 5.81. The van der Waals surface area contributed by atoms with Crippen LogP contribution in [0.5, 0.6) is 0 Å². The first-order valence-corrected chi connectivity index (χ1v) is 11.5. The lowest BCUT2D eigenvalue weighted by atomic mass is 10.1. The smallest absolute Gasteiger partial charge is 0.338 e. The van der Waals surface area contributed by atoms with Crippen LogP contribution in [0.25, 0.3) is 44.7 Å². The van der Waals surface area contributed by atoms with E-state index in [0.717, 1.165) is 10.8 Å². The zero-order valence-corrected chi connectivity index (χ0v) is 19.4. The van der Waals surface area contributed by atoms with Crippen LogP contribution in [0.1, 0.15) is 10.4 Å². The topological polar surface area (TPSA) is 107 Å². The predicted molar refractivity (Wildman–Crippen MR) is 138 cm³/mol. The summed E-state index contributed by atoms with van der Waals surface area (Å²) in [5.74, 6) is -0.0275. The molecule has 0 aliphatic rings. The average molecular weight is 489 g/mol. The molecule has 0 saturated carbocycles. The number of nitrogens with zero attached hydrogens (tertiary/aromatic N) is 2. The highest BCUT2D eigenvalue weighted by molar-refractivity contribution is 6.03. The standard InChI is InChI=1S/C29H19N3O5/c33-26(30-21-9-3-7-18-6-1-2-8-20(18)21)17-37-29(34)19-12-13-22-23(16-19)32-28(25-11-5-15-36-25)27(31-22)24-10-4-14-35-24/h1-16H,17H2,(H,30,33). The molecule has 6 rings (SSSR count). The molecule has 3 aromatic carbocycles. The third kappa shape index (κ3) is 4.43. The Morgan fingerprint density at radius 1 is 0.757 bits per heavy atom. The molecule has 0 spiro atoms. The van der Waals surface area contributed by atoms with Gasteiger partial charge in [-0.15, -0.1) is 0 Å². The SMILES string of the molecule is O=C(COC(=O)c1ccc2nc(-c3ccco3)c(-c3ccco3)nc2c1)Nc1cccc2ccccc12. The fourth-order valence-electron chi connectivity index (χ4n) is 4.09. The van der Waals surface area contributed by atoms with Crippen molar-refractivity contribution in [1.82, 2.24) is 9.97 Å². The van der Waals surface area contributed by atoms with Gasteiger partial charge in [0.2, 0.25) is 0 Å². The Kier molecular flexibility index (Phi) is 5.67. The number of benzene rings is 3. The zero-order chi connectivity index (χ0) is 25.2. The van der Waals surface area contributed by atoms with Crippen LogP contribution in [-0.4, -0.2) is 28.5 Å². The minimum absolute atomic E-state index is 0.246. The molecule has 0 atom stereocenters. The van der Waals surface area contributed by atoms with Crippen LogP contribution < -0.4 is 5.32 Å². The molecular formula is C29H19N3O5. The number of carbonyl (C=O) groups is 2. The van der Waals surface area contributed by atoms with E-state index in [2.05, 4.69) is 10.3 Å². The summed E-state index contributed by atoms with van der Waals surface area (Å²) >= 11 is 0. The van der Waals surface area contributed by atoms with Crippen LogP contribution in [-0.2, 0) is 9.53 Å². The van der Waals surface area contributed by atoms with Crippen LogP contribution in [0.3, 0.4) is 0 Å². The summed E-state index contributed by atoms with van der Waals surface area (Å²) in [7, 11) is 0. The fourth-order valence-corrected chi connectivity index (χ4v) is 4.09. The lowest BCUT2D eigenvalue weighted by Crippen LogP contribution is -2.21. The molecule has 0 unspecified atom stereocenters. The second-order valence-corrected chi connectivity index (χ2v) is 8.23. The van der Waals surface area contributed by atoms with Gasteiger partial charge in [0.1, 0.15) is 11.4 Å². The number of amides is 1. The molecule has 1 amide bonds. The summed E-state index contributed by atoms with van der Waals surface area (Å²) < 4.78 is 16.4. The molecule has 0 aliphatic carbocycles. The largest absolute Gasteiger partial charge is 0.463 e. The van der Waals surface area contributed by atoms with Crippen molar-refractivity contribution in [3.63, 3.8) is 0 Å². The highest BCUT2D eigenvalue weighted by Gasteiger charge is 2.19. The number of fused-ring (bicyclic) bond motifs is 2. The highest BCUT2D eigenvalue weighted by atomic mass is 16.5. The van der Waals surface area contributed by atoms with Crippen LogP contribution >= 0.6 is 0 Å². The fraction of sp³-hybridized carbons (Fsp3) is 0.0345. The summed E-state index contributed by atoms with van der Waals surface area (Å²) in [5, 5.41) is 4.71. The second-order valence-electron chi connectivity index (χ2n) is 8.23. The van der Waals surface area contributed by atoms with E-state index < -0.39 is 18.5 Å². The lowest BCUT2D eigenvalue weighted by Gasteiger charge is -2.10. The summed E-state index contributed by atoms with van der Waals surface area (Å²) in [5.41, 5.74) is 2.93. The van der Waals surface area contributed by atoms with Crippen molar-refractivity contribution in [3.8, 4) is 22.9 Å². The molecule has 0 aliphatic heterocycles. The number of carbonyl (C=O) groups excluding carboxylic acids is 2. The van der Waals surface area contributed by atoms with E-state index in [1.807, 2.05) is 36.4 Å². The zero-order valence-electron chi connectivity index (χ0n) is 19.4. The van der Waals surface area contributed by atoms with Crippen LogP contribution in [0.2, 0.25) is 0 Å². The van der Waals surface area contributed by atoms with Crippen molar-refractivity contribution in [2.75, 3.05) is 11.9 Å². The molecule has 3 aromatic heterocycles. The minimum Gasteiger partial charge on any atom is -0.463 e. The van der Waals surface area contributed by atoms with Crippen molar-refractivity contribution in [3.05, 3.63) is 103 Å². The number of aromatic nitrogens is 2. The summed E-state index contributed by atoms with van der Waals surface area (Å²) in [6, 6.07) is 25.2. The molecule has 8 nitrogen and oxygen atoms in total. The number of ether oxygens (including phenoxy) is 1. The Labute approximate surface area is 210 Å². The van der Waals surface area contributed by atoms with E-state index in [0.29, 0.717) is 39.6 Å². The third-order valence-electron chi connectivity index (χ3n) is 5.81. The molecule has 8 heteroatoms. The maximum atomic E-state index is 12.7. The van der Waals surface area contributed by atoms with Gasteiger partial charge in [0.05, 0.1) is 29.1 Å². The van der Waals surface area contributed by atoms with Crippen molar-refractivity contribution in [1.29, 1.82) is 0 Å². The highest BCUT2D eigenvalue weighted by Crippen LogP contribution is 2.31. The Hall–Kier alpha value is -5.24. The molecule has 37 heavy (non-hydrogen) atoms. The van der Waals surface area contributed by atoms with E-state index in [-0.39, 0.29) is 5.56 Å². The molecule has 0 bridgehead atoms. The Morgan fingerprint density at radius 3 is 2.19 bits per heavy atom. The van der Waals surface area contributed by atoms with Crippen molar-refractivity contribution in [2.45, 2.75) is 0 Å². The first kappa shape index (κ1) is 22.2. The van der Waals surface area contributed by atoms with Crippen molar-refractivity contribution < 1.29 is 23.2 Å². The van der Waals surface area contributed by atoms with Gasteiger partial charge in [0, 0.05) is 11.1 Å². The Bertz CT molecular complexity index is 1740. The molecule has 1 N–H and O–H groups in total. The number of rotatable bonds is 6. The molecule has 6 aromatic rings. The molecule has 0 saturated heterocycles. The quantitative estimate of drug-likeness (QED) is 0.282. The van der Waals surface area contributed by atoms with Crippen LogP contribution in [0.4, 0.5) is 5.69 Å². The molecule has 0 radical (unpaired) electrons.